The first-order valence-corrected chi connectivity index (χ1v) is 7.72. The van der Waals surface area contributed by atoms with E-state index in [2.05, 4.69) is 10.1 Å². The number of carbonyl (C=O) groups is 2. The molecule has 2 aromatic rings. The van der Waals surface area contributed by atoms with Crippen molar-refractivity contribution in [2.45, 2.75) is 13.5 Å². The monoisotopic (exact) mass is 391 g/mol. The Morgan fingerprint density at radius 1 is 1.25 bits per heavy atom. The molecule has 128 valence electrons. The maximum absolute atomic E-state index is 12.2. The number of amides is 1. The Balaban J connectivity index is 2.19. The van der Waals surface area contributed by atoms with Crippen LogP contribution in [-0.2, 0) is 11.3 Å². The maximum atomic E-state index is 12.2. The van der Waals surface area contributed by atoms with E-state index in [1.54, 1.807) is 6.92 Å². The third-order valence-electron chi connectivity index (χ3n) is 3.17. The third-order valence-corrected chi connectivity index (χ3v) is 4.25. The quantitative estimate of drug-likeness (QED) is 0.607. The average molecular weight is 393 g/mol. The molecule has 0 radical (unpaired) electrons. The third kappa shape index (κ3) is 3.61. The van der Waals surface area contributed by atoms with E-state index in [9.17, 15) is 14.7 Å². The van der Waals surface area contributed by atoms with Crippen molar-refractivity contribution >= 4 is 46.7 Å². The lowest BCUT2D eigenvalue weighted by Gasteiger charge is -2.10. The number of aryl methyl sites for hydroxylation is 1. The van der Waals surface area contributed by atoms with E-state index in [0.29, 0.717) is 11.5 Å². The molecular weight excluding hydrogens is 381 g/mol. The lowest BCUT2D eigenvalue weighted by molar-refractivity contribution is 0.0598. The van der Waals surface area contributed by atoms with Crippen molar-refractivity contribution < 1.29 is 23.8 Å². The van der Waals surface area contributed by atoms with E-state index >= 15 is 0 Å². The Bertz CT molecular complexity index is 790. The van der Waals surface area contributed by atoms with Gasteiger partial charge in [-0.1, -0.05) is 34.8 Å². The zero-order valence-corrected chi connectivity index (χ0v) is 14.8. The SMILES string of the molecule is COC(=O)c1cc(CNC(=O)c2c(O)c(Cl)cc(Cl)c2Cl)oc1C. The van der Waals surface area contributed by atoms with Gasteiger partial charge in [-0.25, -0.2) is 4.79 Å². The van der Waals surface area contributed by atoms with Crippen LogP contribution in [0.5, 0.6) is 5.75 Å². The number of benzene rings is 1. The van der Waals surface area contributed by atoms with Crippen LogP contribution in [0.3, 0.4) is 0 Å². The van der Waals surface area contributed by atoms with Crippen LogP contribution in [-0.4, -0.2) is 24.1 Å². The minimum Gasteiger partial charge on any atom is -0.505 e. The molecule has 0 saturated heterocycles. The fourth-order valence-corrected chi connectivity index (χ4v) is 2.69. The van der Waals surface area contributed by atoms with Crippen molar-refractivity contribution in [1.29, 1.82) is 0 Å². The second kappa shape index (κ2) is 7.34. The van der Waals surface area contributed by atoms with Gasteiger partial charge in [-0.15, -0.1) is 0 Å². The number of ether oxygens (including phenoxy) is 1. The van der Waals surface area contributed by atoms with Crippen molar-refractivity contribution in [1.82, 2.24) is 5.32 Å². The molecule has 1 aromatic heterocycles. The minimum absolute atomic E-state index is 0.0337. The molecule has 9 heteroatoms. The van der Waals surface area contributed by atoms with Gasteiger partial charge in [0.15, 0.2) is 0 Å². The molecule has 6 nitrogen and oxygen atoms in total. The van der Waals surface area contributed by atoms with Crippen molar-refractivity contribution in [3.63, 3.8) is 0 Å². The number of esters is 1. The van der Waals surface area contributed by atoms with Crippen LogP contribution in [0.1, 0.15) is 32.2 Å². The van der Waals surface area contributed by atoms with E-state index in [4.69, 9.17) is 39.2 Å². The van der Waals surface area contributed by atoms with Crippen LogP contribution in [0.15, 0.2) is 16.5 Å². The van der Waals surface area contributed by atoms with Crippen LogP contribution >= 0.6 is 34.8 Å². The van der Waals surface area contributed by atoms with Crippen molar-refractivity contribution in [2.75, 3.05) is 7.11 Å². The molecule has 0 aliphatic carbocycles. The predicted octanol–water partition coefficient (Wildman–Crippen LogP) is 3.97. The molecule has 0 fully saturated rings. The number of phenolic OH excluding ortho intramolecular Hbond substituents is 1. The Morgan fingerprint density at radius 2 is 1.92 bits per heavy atom. The summed E-state index contributed by atoms with van der Waals surface area (Å²) < 4.78 is 9.99. The summed E-state index contributed by atoms with van der Waals surface area (Å²) in [4.78, 5) is 23.8. The summed E-state index contributed by atoms with van der Waals surface area (Å²) in [6.45, 7) is 1.55. The fraction of sp³-hybridized carbons (Fsp3) is 0.200. The highest BCUT2D eigenvalue weighted by Crippen LogP contribution is 2.38. The largest absolute Gasteiger partial charge is 0.505 e. The van der Waals surface area contributed by atoms with Crippen molar-refractivity contribution in [3.8, 4) is 5.75 Å². The highest BCUT2D eigenvalue weighted by atomic mass is 35.5. The van der Waals surface area contributed by atoms with Crippen LogP contribution in [0.25, 0.3) is 0 Å². The van der Waals surface area contributed by atoms with E-state index in [0.717, 1.165) is 0 Å². The molecule has 24 heavy (non-hydrogen) atoms. The Hall–Kier alpha value is -1.89. The summed E-state index contributed by atoms with van der Waals surface area (Å²) >= 11 is 17.6. The number of carbonyl (C=O) groups excluding carboxylic acids is 2. The second-order valence-electron chi connectivity index (χ2n) is 4.73. The van der Waals surface area contributed by atoms with Gasteiger partial charge in [-0.2, -0.15) is 0 Å². The van der Waals surface area contributed by atoms with E-state index in [1.807, 2.05) is 0 Å². The molecule has 1 amide bonds. The summed E-state index contributed by atoms with van der Waals surface area (Å²) in [7, 11) is 1.25. The molecule has 0 atom stereocenters. The summed E-state index contributed by atoms with van der Waals surface area (Å²) in [6.07, 6.45) is 0. The number of phenols is 1. The van der Waals surface area contributed by atoms with Gasteiger partial charge < -0.3 is 19.6 Å². The molecule has 1 heterocycles. The summed E-state index contributed by atoms with van der Waals surface area (Å²) in [5, 5.41) is 12.2. The second-order valence-corrected chi connectivity index (χ2v) is 5.93. The number of furan rings is 1. The topological polar surface area (TPSA) is 88.8 Å². The molecule has 0 saturated carbocycles. The van der Waals surface area contributed by atoms with Gasteiger partial charge in [0, 0.05) is 0 Å². The normalized spacial score (nSPS) is 10.5. The molecule has 0 bridgehead atoms. The molecule has 1 aromatic carbocycles. The van der Waals surface area contributed by atoms with Gasteiger partial charge >= 0.3 is 5.97 Å². The number of hydrogen-bond donors (Lipinski definition) is 2. The number of aromatic hydroxyl groups is 1. The lowest BCUT2D eigenvalue weighted by Crippen LogP contribution is -2.23. The molecule has 0 spiro atoms. The van der Waals surface area contributed by atoms with E-state index < -0.39 is 17.6 Å². The highest BCUT2D eigenvalue weighted by Gasteiger charge is 2.22. The first-order chi connectivity index (χ1) is 11.3. The van der Waals surface area contributed by atoms with Crippen LogP contribution in [0.4, 0.5) is 0 Å². The number of halogens is 3. The Morgan fingerprint density at radius 3 is 2.54 bits per heavy atom. The fourth-order valence-electron chi connectivity index (χ4n) is 1.99. The van der Waals surface area contributed by atoms with Crippen molar-refractivity contribution in [3.05, 3.63) is 49.8 Å². The summed E-state index contributed by atoms with van der Waals surface area (Å²) in [5.41, 5.74) is 0.0130. The van der Waals surface area contributed by atoms with Gasteiger partial charge in [0.25, 0.3) is 5.91 Å². The standard InChI is InChI=1S/C15H12Cl3NO5/c1-6-8(15(22)23-2)3-7(24-6)5-19-14(21)11-12(18)9(16)4-10(17)13(11)20/h3-4,20H,5H2,1-2H3,(H,19,21). The minimum atomic E-state index is -0.699. The lowest BCUT2D eigenvalue weighted by atomic mass is 10.2. The summed E-state index contributed by atoms with van der Waals surface area (Å²) in [6, 6.07) is 2.68. The zero-order valence-electron chi connectivity index (χ0n) is 12.6. The smallest absolute Gasteiger partial charge is 0.341 e. The van der Waals surface area contributed by atoms with E-state index in [1.165, 1.54) is 19.2 Å². The first-order valence-electron chi connectivity index (χ1n) is 6.58. The molecule has 0 unspecified atom stereocenters. The number of methoxy groups -OCH3 is 1. The molecule has 2 rings (SSSR count). The zero-order chi connectivity index (χ0) is 18.0. The maximum Gasteiger partial charge on any atom is 0.341 e. The Kier molecular flexibility index (Phi) is 5.64. The highest BCUT2D eigenvalue weighted by molar-refractivity contribution is 6.45. The average Bonchev–Trinajstić information content (AvgIpc) is 2.91. The molecule has 2 N–H and O–H groups in total. The Labute approximate surface area is 152 Å². The van der Waals surface area contributed by atoms with Gasteiger partial charge in [0.2, 0.25) is 0 Å². The van der Waals surface area contributed by atoms with Crippen LogP contribution in [0.2, 0.25) is 15.1 Å². The van der Waals surface area contributed by atoms with Crippen molar-refractivity contribution in [2.24, 2.45) is 0 Å². The van der Waals surface area contributed by atoms with Gasteiger partial charge in [0.05, 0.1) is 28.7 Å². The molecule has 0 aliphatic rings. The van der Waals surface area contributed by atoms with E-state index in [-0.39, 0.29) is 32.7 Å². The molecular formula is C15H12Cl3NO5. The van der Waals surface area contributed by atoms with Crippen LogP contribution in [0, 0.1) is 6.92 Å². The number of hydrogen-bond acceptors (Lipinski definition) is 5. The predicted molar refractivity (Wildman–Crippen MR) is 89.1 cm³/mol. The van der Waals surface area contributed by atoms with Gasteiger partial charge in [-0.3, -0.25) is 4.79 Å². The van der Waals surface area contributed by atoms with Gasteiger partial charge in [-0.05, 0) is 19.1 Å². The van der Waals surface area contributed by atoms with Crippen LogP contribution < -0.4 is 5.32 Å². The first kappa shape index (κ1) is 18.4. The molecule has 0 aliphatic heterocycles. The number of rotatable bonds is 4. The number of nitrogens with one attached hydrogen (secondary N) is 1. The van der Waals surface area contributed by atoms with Gasteiger partial charge in [0.1, 0.15) is 28.4 Å². The summed E-state index contributed by atoms with van der Waals surface area (Å²) in [5.74, 6) is -1.04.